The molecule has 7 heteroatoms. The van der Waals surface area contributed by atoms with Gasteiger partial charge in [0.15, 0.2) is 0 Å². The first-order chi connectivity index (χ1) is 10.9. The topological polar surface area (TPSA) is 91.4 Å². The van der Waals surface area contributed by atoms with Gasteiger partial charge in [0.1, 0.15) is 12.1 Å². The summed E-state index contributed by atoms with van der Waals surface area (Å²) in [4.78, 5) is 41.7. The molecule has 2 heterocycles. The highest BCUT2D eigenvalue weighted by Gasteiger charge is 2.49. The first-order valence-electron chi connectivity index (χ1n) is 7.75. The lowest BCUT2D eigenvalue weighted by atomic mass is 9.93. The van der Waals surface area contributed by atoms with Gasteiger partial charge in [0.05, 0.1) is 12.2 Å². The van der Waals surface area contributed by atoms with E-state index in [0.29, 0.717) is 12.8 Å². The van der Waals surface area contributed by atoms with Gasteiger partial charge in [-0.15, -0.1) is 0 Å². The molecule has 0 spiro atoms. The molecule has 0 aliphatic carbocycles. The van der Waals surface area contributed by atoms with Crippen LogP contribution in [0.2, 0.25) is 0 Å². The van der Waals surface area contributed by atoms with Crippen molar-refractivity contribution in [1.29, 1.82) is 0 Å². The highest BCUT2D eigenvalue weighted by atomic mass is 16.2. The molecule has 2 N–H and O–H groups in total. The molecule has 1 fully saturated rings. The van der Waals surface area contributed by atoms with Crippen LogP contribution < -0.4 is 10.6 Å². The van der Waals surface area contributed by atoms with Gasteiger partial charge in [0.2, 0.25) is 5.91 Å². The summed E-state index contributed by atoms with van der Waals surface area (Å²) < 4.78 is 0. The summed E-state index contributed by atoms with van der Waals surface area (Å²) in [7, 11) is 0. The first kappa shape index (κ1) is 16.9. The number of nitrogens with one attached hydrogen (secondary N) is 2. The zero-order chi connectivity index (χ0) is 17.0. The molecule has 0 atom stereocenters. The van der Waals surface area contributed by atoms with Gasteiger partial charge >= 0.3 is 6.03 Å². The summed E-state index contributed by atoms with van der Waals surface area (Å²) in [6.45, 7) is 5.53. The van der Waals surface area contributed by atoms with Gasteiger partial charge in [0.25, 0.3) is 5.91 Å². The Morgan fingerprint density at radius 2 is 2.00 bits per heavy atom. The van der Waals surface area contributed by atoms with Gasteiger partial charge in [-0.05, 0) is 31.9 Å². The zero-order valence-corrected chi connectivity index (χ0v) is 13.7. The van der Waals surface area contributed by atoms with Crippen LogP contribution in [-0.4, -0.2) is 39.8 Å². The molecular formula is C16H22N4O3. The van der Waals surface area contributed by atoms with Gasteiger partial charge in [-0.3, -0.25) is 19.5 Å². The lowest BCUT2D eigenvalue weighted by Gasteiger charge is -2.22. The molecule has 1 aromatic heterocycles. The molecule has 1 aromatic rings. The van der Waals surface area contributed by atoms with Crippen LogP contribution in [0.3, 0.4) is 0 Å². The summed E-state index contributed by atoms with van der Waals surface area (Å²) >= 11 is 0. The Balaban J connectivity index is 1.95. The molecule has 1 aliphatic rings. The average molecular weight is 318 g/mol. The van der Waals surface area contributed by atoms with Gasteiger partial charge in [-0.1, -0.05) is 19.9 Å². The van der Waals surface area contributed by atoms with Gasteiger partial charge in [-0.25, -0.2) is 4.79 Å². The molecule has 4 amide bonds. The lowest BCUT2D eigenvalue weighted by Crippen LogP contribution is -2.46. The summed E-state index contributed by atoms with van der Waals surface area (Å²) in [5, 5.41) is 5.38. The summed E-state index contributed by atoms with van der Waals surface area (Å²) in [5.74, 6) is -0.726. The van der Waals surface area contributed by atoms with Gasteiger partial charge in [0, 0.05) is 5.69 Å². The first-order valence-corrected chi connectivity index (χ1v) is 7.75. The normalized spacial score (nSPS) is 16.4. The van der Waals surface area contributed by atoms with E-state index >= 15 is 0 Å². The molecule has 7 nitrogen and oxygen atoms in total. The molecule has 0 aromatic carbocycles. The molecule has 1 aliphatic heterocycles. The fourth-order valence-corrected chi connectivity index (χ4v) is 2.64. The molecule has 2 rings (SSSR count). The molecule has 1 saturated heterocycles. The van der Waals surface area contributed by atoms with E-state index in [2.05, 4.69) is 15.6 Å². The number of hydrogen-bond acceptors (Lipinski definition) is 4. The Kier molecular flexibility index (Phi) is 4.98. The van der Waals surface area contributed by atoms with Crippen molar-refractivity contribution in [2.75, 3.05) is 6.54 Å². The number of nitrogens with zero attached hydrogens (tertiary/aromatic N) is 2. The standard InChI is InChI=1S/C16H22N4O3/c1-4-16(5-2)14(22)20(15(23)19-16)10-13(21)17-9-12-8-6-7-11(3)18-12/h6-8H,4-5,9-10H2,1-3H3,(H,17,21)(H,19,23). The third kappa shape index (κ3) is 3.49. The highest BCUT2D eigenvalue weighted by molar-refractivity contribution is 6.08. The molecule has 23 heavy (non-hydrogen) atoms. The number of amides is 4. The van der Waals surface area contributed by atoms with Crippen LogP contribution >= 0.6 is 0 Å². The Bertz CT molecular complexity index is 626. The summed E-state index contributed by atoms with van der Waals surface area (Å²) in [5.41, 5.74) is 0.712. The maximum absolute atomic E-state index is 12.4. The van der Waals surface area contributed by atoms with Crippen molar-refractivity contribution < 1.29 is 14.4 Å². The smallest absolute Gasteiger partial charge is 0.325 e. The predicted octanol–water partition coefficient (Wildman–Crippen LogP) is 1.12. The quantitative estimate of drug-likeness (QED) is 0.769. The van der Waals surface area contributed by atoms with Crippen molar-refractivity contribution in [1.82, 2.24) is 20.5 Å². The number of urea groups is 1. The zero-order valence-electron chi connectivity index (χ0n) is 13.7. The fourth-order valence-electron chi connectivity index (χ4n) is 2.64. The van der Waals surface area contributed by atoms with E-state index in [-0.39, 0.29) is 24.9 Å². The largest absolute Gasteiger partial charge is 0.349 e. The maximum Gasteiger partial charge on any atom is 0.325 e. The van der Waals surface area contributed by atoms with E-state index < -0.39 is 11.6 Å². The van der Waals surface area contributed by atoms with Crippen molar-refractivity contribution in [3.8, 4) is 0 Å². The SMILES string of the molecule is CCC1(CC)NC(=O)N(CC(=O)NCc2cccc(C)n2)C1=O. The number of rotatable bonds is 6. The molecule has 0 bridgehead atoms. The number of pyridine rings is 1. The molecule has 0 unspecified atom stereocenters. The lowest BCUT2D eigenvalue weighted by molar-refractivity contribution is -0.135. The van der Waals surface area contributed by atoms with Crippen molar-refractivity contribution in [3.63, 3.8) is 0 Å². The van der Waals surface area contributed by atoms with Crippen LogP contribution in [0.1, 0.15) is 38.1 Å². The third-order valence-electron chi connectivity index (χ3n) is 4.17. The van der Waals surface area contributed by atoms with E-state index in [0.717, 1.165) is 16.3 Å². The summed E-state index contributed by atoms with van der Waals surface area (Å²) in [6, 6.07) is 5.02. The number of carbonyl (C=O) groups excluding carboxylic acids is 3. The number of imide groups is 1. The van der Waals surface area contributed by atoms with Crippen LogP contribution in [0.25, 0.3) is 0 Å². The van der Waals surface area contributed by atoms with Crippen molar-refractivity contribution in [3.05, 3.63) is 29.6 Å². The highest BCUT2D eigenvalue weighted by Crippen LogP contribution is 2.24. The van der Waals surface area contributed by atoms with Crippen molar-refractivity contribution >= 4 is 17.8 Å². The number of hydrogen-bond donors (Lipinski definition) is 2. The fraction of sp³-hybridized carbons (Fsp3) is 0.500. The number of carbonyl (C=O) groups is 3. The minimum atomic E-state index is -0.880. The second-order valence-corrected chi connectivity index (χ2v) is 5.66. The van der Waals surface area contributed by atoms with Crippen LogP contribution in [-0.2, 0) is 16.1 Å². The monoisotopic (exact) mass is 318 g/mol. The summed E-state index contributed by atoms with van der Waals surface area (Å²) in [6.07, 6.45) is 0.999. The van der Waals surface area contributed by atoms with Crippen LogP contribution in [0.5, 0.6) is 0 Å². The second kappa shape index (κ2) is 6.76. The Morgan fingerprint density at radius 3 is 2.57 bits per heavy atom. The Labute approximate surface area is 135 Å². The van der Waals surface area contributed by atoms with Crippen LogP contribution in [0, 0.1) is 6.92 Å². The minimum absolute atomic E-state index is 0.261. The van der Waals surface area contributed by atoms with Gasteiger partial charge < -0.3 is 10.6 Å². The third-order valence-corrected chi connectivity index (χ3v) is 4.17. The second-order valence-electron chi connectivity index (χ2n) is 5.66. The van der Waals surface area contributed by atoms with Gasteiger partial charge in [-0.2, -0.15) is 0 Å². The van der Waals surface area contributed by atoms with E-state index in [9.17, 15) is 14.4 Å². The maximum atomic E-state index is 12.4. The van der Waals surface area contributed by atoms with E-state index in [4.69, 9.17) is 0 Å². The number of aryl methyl sites for hydroxylation is 1. The Hall–Kier alpha value is -2.44. The van der Waals surface area contributed by atoms with Crippen LogP contribution in [0.4, 0.5) is 4.79 Å². The van der Waals surface area contributed by atoms with Crippen LogP contribution in [0.15, 0.2) is 18.2 Å². The molecular weight excluding hydrogens is 296 g/mol. The van der Waals surface area contributed by atoms with Crippen molar-refractivity contribution in [2.45, 2.75) is 45.7 Å². The van der Waals surface area contributed by atoms with Crippen molar-refractivity contribution in [2.24, 2.45) is 0 Å². The van der Waals surface area contributed by atoms with E-state index in [1.807, 2.05) is 32.9 Å². The van der Waals surface area contributed by atoms with E-state index in [1.165, 1.54) is 0 Å². The Morgan fingerprint density at radius 1 is 1.30 bits per heavy atom. The average Bonchev–Trinajstić information content (AvgIpc) is 2.78. The number of aromatic nitrogens is 1. The molecule has 124 valence electrons. The predicted molar refractivity (Wildman–Crippen MR) is 84.4 cm³/mol. The minimum Gasteiger partial charge on any atom is -0.349 e. The molecule has 0 radical (unpaired) electrons. The van der Waals surface area contributed by atoms with E-state index in [1.54, 1.807) is 6.07 Å². The molecule has 0 saturated carbocycles.